The molecule has 84 valence electrons. The fourth-order valence-electron chi connectivity index (χ4n) is 2.30. The smallest absolute Gasteiger partial charge is 0.112 e. The van der Waals surface area contributed by atoms with E-state index < -0.39 is 0 Å². The normalized spacial score (nSPS) is 15.8. The third-order valence-corrected chi connectivity index (χ3v) is 3.36. The molecule has 0 N–H and O–H groups in total. The lowest BCUT2D eigenvalue weighted by Crippen LogP contribution is -2.02. The summed E-state index contributed by atoms with van der Waals surface area (Å²) in [4.78, 5) is 4.79. The summed E-state index contributed by atoms with van der Waals surface area (Å²) in [5, 5.41) is 0. The number of fused-ring (bicyclic) bond motifs is 1. The maximum atomic E-state index is 4.79. The van der Waals surface area contributed by atoms with Gasteiger partial charge in [-0.3, -0.25) is 0 Å². The van der Waals surface area contributed by atoms with Crippen LogP contribution >= 0.6 is 0 Å². The van der Waals surface area contributed by atoms with Gasteiger partial charge in [0.05, 0.1) is 11.0 Å². The Bertz CT molecular complexity index is 494. The Morgan fingerprint density at radius 1 is 1.31 bits per heavy atom. The monoisotopic (exact) mass is 214 g/mol. The fraction of sp³-hybridized carbons (Fsp3) is 0.500. The number of para-hydroxylation sites is 2. The van der Waals surface area contributed by atoms with Crippen LogP contribution in [0.2, 0.25) is 0 Å². The molecule has 0 unspecified atom stereocenters. The van der Waals surface area contributed by atoms with Crippen LogP contribution in [0.25, 0.3) is 11.0 Å². The largest absolute Gasteiger partial charge is 0.328 e. The van der Waals surface area contributed by atoms with Crippen molar-refractivity contribution in [1.29, 1.82) is 0 Å². The average Bonchev–Trinajstić information content (AvgIpc) is 3.09. The highest BCUT2D eigenvalue weighted by Crippen LogP contribution is 2.40. The van der Waals surface area contributed by atoms with Crippen LogP contribution in [0, 0.1) is 0 Å². The summed E-state index contributed by atoms with van der Waals surface area (Å²) in [6, 6.07) is 8.52. The first-order chi connectivity index (χ1) is 7.90. The number of nitrogens with zero attached hydrogens (tertiary/aromatic N) is 2. The van der Waals surface area contributed by atoms with Gasteiger partial charge in [0.1, 0.15) is 5.82 Å². The van der Waals surface area contributed by atoms with Gasteiger partial charge < -0.3 is 4.57 Å². The van der Waals surface area contributed by atoms with Gasteiger partial charge in [-0.05, 0) is 31.4 Å². The molecule has 0 amide bonds. The summed E-state index contributed by atoms with van der Waals surface area (Å²) in [6.07, 6.45) is 5.15. The van der Waals surface area contributed by atoms with Crippen molar-refractivity contribution < 1.29 is 0 Å². The van der Waals surface area contributed by atoms with Gasteiger partial charge in [-0.25, -0.2) is 4.98 Å². The van der Waals surface area contributed by atoms with E-state index in [1.165, 1.54) is 42.5 Å². The van der Waals surface area contributed by atoms with Crippen molar-refractivity contribution in [3.63, 3.8) is 0 Å². The lowest BCUT2D eigenvalue weighted by atomic mass is 10.3. The van der Waals surface area contributed by atoms with Crippen LogP contribution in [-0.2, 0) is 6.54 Å². The minimum atomic E-state index is 0.740. The number of aryl methyl sites for hydroxylation is 1. The molecule has 0 saturated heterocycles. The number of benzene rings is 1. The van der Waals surface area contributed by atoms with Gasteiger partial charge in [-0.1, -0.05) is 25.5 Å². The van der Waals surface area contributed by atoms with Gasteiger partial charge in [0.15, 0.2) is 0 Å². The second-order valence-electron chi connectivity index (χ2n) is 4.74. The maximum absolute atomic E-state index is 4.79. The summed E-state index contributed by atoms with van der Waals surface area (Å²) in [5.74, 6) is 2.07. The minimum Gasteiger partial charge on any atom is -0.328 e. The predicted octanol–water partition coefficient (Wildman–Crippen LogP) is 3.71. The zero-order valence-corrected chi connectivity index (χ0v) is 9.82. The number of aromatic nitrogens is 2. The number of imidazole rings is 1. The molecule has 0 spiro atoms. The molecule has 1 aromatic heterocycles. The molecule has 0 atom stereocenters. The first-order valence-electron chi connectivity index (χ1n) is 6.35. The molecular weight excluding hydrogens is 196 g/mol. The van der Waals surface area contributed by atoms with Gasteiger partial charge in [0, 0.05) is 12.5 Å². The summed E-state index contributed by atoms with van der Waals surface area (Å²) in [5.41, 5.74) is 2.48. The van der Waals surface area contributed by atoms with Crippen LogP contribution in [0.1, 0.15) is 44.3 Å². The fourth-order valence-corrected chi connectivity index (χ4v) is 2.30. The lowest BCUT2D eigenvalue weighted by Gasteiger charge is -2.07. The Morgan fingerprint density at radius 2 is 2.12 bits per heavy atom. The Balaban J connectivity index is 2.08. The standard InChI is InChI=1S/C14H18N2/c1-2-3-10-16-13-7-5-4-6-12(13)15-14(16)11-8-9-11/h4-7,11H,2-3,8-10H2,1H3. The van der Waals surface area contributed by atoms with Gasteiger partial charge >= 0.3 is 0 Å². The molecule has 1 aromatic carbocycles. The molecule has 1 heterocycles. The Hall–Kier alpha value is -1.31. The molecule has 3 rings (SSSR count). The zero-order chi connectivity index (χ0) is 11.0. The Morgan fingerprint density at radius 3 is 2.88 bits per heavy atom. The van der Waals surface area contributed by atoms with Crippen LogP contribution < -0.4 is 0 Å². The Labute approximate surface area is 96.3 Å². The summed E-state index contributed by atoms with van der Waals surface area (Å²) in [7, 11) is 0. The van der Waals surface area contributed by atoms with Gasteiger partial charge in [-0.2, -0.15) is 0 Å². The maximum Gasteiger partial charge on any atom is 0.112 e. The van der Waals surface area contributed by atoms with Gasteiger partial charge in [0.2, 0.25) is 0 Å². The highest BCUT2D eigenvalue weighted by molar-refractivity contribution is 5.76. The predicted molar refractivity (Wildman–Crippen MR) is 66.6 cm³/mol. The van der Waals surface area contributed by atoms with Crippen molar-refractivity contribution in [2.24, 2.45) is 0 Å². The highest BCUT2D eigenvalue weighted by Gasteiger charge is 2.29. The molecule has 1 saturated carbocycles. The topological polar surface area (TPSA) is 17.8 Å². The summed E-state index contributed by atoms with van der Waals surface area (Å²) < 4.78 is 2.44. The van der Waals surface area contributed by atoms with Crippen molar-refractivity contribution in [2.45, 2.75) is 45.1 Å². The van der Waals surface area contributed by atoms with Crippen molar-refractivity contribution in [3.8, 4) is 0 Å². The van der Waals surface area contributed by atoms with Gasteiger partial charge in [0.25, 0.3) is 0 Å². The molecule has 0 bridgehead atoms. The number of rotatable bonds is 4. The SMILES string of the molecule is CCCCn1c(C2CC2)nc2ccccc21. The second kappa shape index (κ2) is 3.93. The van der Waals surface area contributed by atoms with E-state index in [2.05, 4.69) is 35.8 Å². The molecule has 2 aromatic rings. The van der Waals surface area contributed by atoms with Crippen molar-refractivity contribution >= 4 is 11.0 Å². The summed E-state index contributed by atoms with van der Waals surface area (Å²) >= 11 is 0. The van der Waals surface area contributed by atoms with E-state index in [4.69, 9.17) is 4.98 Å². The average molecular weight is 214 g/mol. The molecule has 2 nitrogen and oxygen atoms in total. The lowest BCUT2D eigenvalue weighted by molar-refractivity contribution is 0.617. The second-order valence-corrected chi connectivity index (χ2v) is 4.74. The molecule has 2 heteroatoms. The van der Waals surface area contributed by atoms with E-state index in [0.717, 1.165) is 12.5 Å². The van der Waals surface area contributed by atoms with E-state index >= 15 is 0 Å². The number of hydrogen-bond donors (Lipinski definition) is 0. The van der Waals surface area contributed by atoms with E-state index in [1.807, 2.05) is 0 Å². The van der Waals surface area contributed by atoms with E-state index in [1.54, 1.807) is 0 Å². The third-order valence-electron chi connectivity index (χ3n) is 3.36. The van der Waals surface area contributed by atoms with Crippen LogP contribution in [0.4, 0.5) is 0 Å². The van der Waals surface area contributed by atoms with Gasteiger partial charge in [-0.15, -0.1) is 0 Å². The van der Waals surface area contributed by atoms with Crippen LogP contribution in [0.5, 0.6) is 0 Å². The molecule has 1 aliphatic rings. The minimum absolute atomic E-state index is 0.740. The van der Waals surface area contributed by atoms with Crippen LogP contribution in [0.3, 0.4) is 0 Å². The molecule has 1 aliphatic carbocycles. The van der Waals surface area contributed by atoms with Crippen molar-refractivity contribution in [3.05, 3.63) is 30.1 Å². The zero-order valence-electron chi connectivity index (χ0n) is 9.82. The first kappa shape index (κ1) is 9.88. The molecule has 0 radical (unpaired) electrons. The first-order valence-corrected chi connectivity index (χ1v) is 6.35. The molecular formula is C14H18N2. The van der Waals surface area contributed by atoms with Crippen LogP contribution in [-0.4, -0.2) is 9.55 Å². The summed E-state index contributed by atoms with van der Waals surface area (Å²) in [6.45, 7) is 3.37. The van der Waals surface area contributed by atoms with Crippen molar-refractivity contribution in [2.75, 3.05) is 0 Å². The molecule has 0 aliphatic heterocycles. The third kappa shape index (κ3) is 1.62. The van der Waals surface area contributed by atoms with E-state index in [-0.39, 0.29) is 0 Å². The quantitative estimate of drug-likeness (QED) is 0.758. The number of unbranched alkanes of at least 4 members (excludes halogenated alkanes) is 1. The number of hydrogen-bond acceptors (Lipinski definition) is 1. The van der Waals surface area contributed by atoms with E-state index in [0.29, 0.717) is 0 Å². The van der Waals surface area contributed by atoms with E-state index in [9.17, 15) is 0 Å². The molecule has 16 heavy (non-hydrogen) atoms. The molecule has 1 fully saturated rings. The van der Waals surface area contributed by atoms with Crippen LogP contribution in [0.15, 0.2) is 24.3 Å². The van der Waals surface area contributed by atoms with Crippen molar-refractivity contribution in [1.82, 2.24) is 9.55 Å². The highest BCUT2D eigenvalue weighted by atomic mass is 15.1. The Kier molecular flexibility index (Phi) is 2.43.